The molecule has 0 saturated carbocycles. The van der Waals surface area contributed by atoms with E-state index in [1.807, 2.05) is 18.7 Å². The lowest BCUT2D eigenvalue weighted by Crippen LogP contribution is -2.48. The molecule has 0 unspecified atom stereocenters. The average molecular weight is 483 g/mol. The highest BCUT2D eigenvalue weighted by Gasteiger charge is 2.35. The lowest BCUT2D eigenvalue weighted by atomic mass is 9.97. The maximum absolute atomic E-state index is 13.4. The first-order valence-corrected chi connectivity index (χ1v) is 13.2. The molecule has 1 saturated heterocycles. The third-order valence-corrected chi connectivity index (χ3v) is 9.23. The van der Waals surface area contributed by atoms with Crippen molar-refractivity contribution in [1.29, 1.82) is 0 Å². The van der Waals surface area contributed by atoms with Gasteiger partial charge in [0.1, 0.15) is 4.90 Å². The summed E-state index contributed by atoms with van der Waals surface area (Å²) in [7, 11) is -3.85. The smallest absolute Gasteiger partial charge is 0.254 e. The quantitative estimate of drug-likeness (QED) is 0.649. The topological polar surface area (TPSA) is 66.9 Å². The van der Waals surface area contributed by atoms with Crippen LogP contribution in [0.2, 0.25) is 5.02 Å². The molecule has 0 bridgehead atoms. The number of halogens is 1. The van der Waals surface area contributed by atoms with E-state index in [9.17, 15) is 13.2 Å². The summed E-state index contributed by atoms with van der Waals surface area (Å²) in [4.78, 5) is 16.6. The second-order valence-electron chi connectivity index (χ2n) is 8.20. The normalized spacial score (nSPS) is 24.8. The van der Waals surface area contributed by atoms with Crippen molar-refractivity contribution >= 4 is 38.9 Å². The van der Waals surface area contributed by atoms with E-state index in [-0.39, 0.29) is 47.2 Å². The van der Waals surface area contributed by atoms with Gasteiger partial charge in [-0.25, -0.2) is 8.42 Å². The van der Waals surface area contributed by atoms with Crippen molar-refractivity contribution in [2.75, 3.05) is 19.6 Å². The molecule has 31 heavy (non-hydrogen) atoms. The Morgan fingerprint density at radius 2 is 1.94 bits per heavy atom. The van der Waals surface area contributed by atoms with Crippen LogP contribution >= 0.6 is 22.9 Å². The summed E-state index contributed by atoms with van der Waals surface area (Å²) in [6.45, 7) is 6.89. The SMILES string of the molecule is CC[C@@H]1c2ccsc2CCN1C(=O)c1ccc(Cl)c(S(=O)(=O)N2C[C@@H](C)O[C@H](C)C2)c1. The van der Waals surface area contributed by atoms with Gasteiger partial charge >= 0.3 is 0 Å². The van der Waals surface area contributed by atoms with Crippen molar-refractivity contribution < 1.29 is 17.9 Å². The Labute approximate surface area is 192 Å². The summed E-state index contributed by atoms with van der Waals surface area (Å²) in [5, 5.41) is 2.19. The van der Waals surface area contributed by atoms with E-state index in [2.05, 4.69) is 18.4 Å². The van der Waals surface area contributed by atoms with Crippen LogP contribution in [0.4, 0.5) is 0 Å². The lowest BCUT2D eigenvalue weighted by Gasteiger charge is -2.36. The number of ether oxygens (including phenoxy) is 1. The highest BCUT2D eigenvalue weighted by atomic mass is 35.5. The predicted octanol–water partition coefficient (Wildman–Crippen LogP) is 4.35. The van der Waals surface area contributed by atoms with Gasteiger partial charge in [0.15, 0.2) is 0 Å². The van der Waals surface area contributed by atoms with Gasteiger partial charge in [0.25, 0.3) is 5.91 Å². The maximum atomic E-state index is 13.4. The summed E-state index contributed by atoms with van der Waals surface area (Å²) < 4.78 is 33.8. The number of benzene rings is 1. The lowest BCUT2D eigenvalue weighted by molar-refractivity contribution is -0.0440. The fraction of sp³-hybridized carbons (Fsp3) is 0.500. The van der Waals surface area contributed by atoms with Crippen molar-refractivity contribution in [2.45, 2.75) is 56.8 Å². The molecule has 4 rings (SSSR count). The Morgan fingerprint density at radius 3 is 2.61 bits per heavy atom. The molecular weight excluding hydrogens is 456 g/mol. The Kier molecular flexibility index (Phi) is 6.47. The van der Waals surface area contributed by atoms with E-state index >= 15 is 0 Å². The number of nitrogens with zero attached hydrogens (tertiary/aromatic N) is 2. The molecular formula is C22H27ClN2O4S2. The van der Waals surface area contributed by atoms with E-state index in [0.29, 0.717) is 12.1 Å². The van der Waals surface area contributed by atoms with Crippen molar-refractivity contribution in [2.24, 2.45) is 0 Å². The Balaban J connectivity index is 1.66. The van der Waals surface area contributed by atoms with Crippen LogP contribution in [0.3, 0.4) is 0 Å². The number of hydrogen-bond acceptors (Lipinski definition) is 5. The fourth-order valence-electron chi connectivity index (χ4n) is 4.55. The van der Waals surface area contributed by atoms with Crippen molar-refractivity contribution in [3.63, 3.8) is 0 Å². The molecule has 0 N–H and O–H groups in total. The molecule has 1 aromatic carbocycles. The van der Waals surface area contributed by atoms with E-state index < -0.39 is 10.0 Å². The van der Waals surface area contributed by atoms with Crippen LogP contribution < -0.4 is 0 Å². The second-order valence-corrected chi connectivity index (χ2v) is 11.5. The number of amides is 1. The molecule has 0 aliphatic carbocycles. The number of sulfonamides is 1. The summed E-state index contributed by atoms with van der Waals surface area (Å²) in [5.74, 6) is -0.166. The number of morpholine rings is 1. The van der Waals surface area contributed by atoms with Gasteiger partial charge < -0.3 is 9.64 Å². The van der Waals surface area contributed by atoms with Crippen molar-refractivity contribution in [1.82, 2.24) is 9.21 Å². The zero-order chi connectivity index (χ0) is 22.3. The van der Waals surface area contributed by atoms with Crippen LogP contribution in [0.1, 0.15) is 54.0 Å². The van der Waals surface area contributed by atoms with Gasteiger partial charge in [-0.3, -0.25) is 4.79 Å². The standard InChI is InChI=1S/C22H27ClN2O4S2/c1-4-19-17-8-10-30-20(17)7-9-25(19)22(26)16-5-6-18(23)21(11-16)31(27,28)24-12-14(2)29-15(3)13-24/h5-6,8,10-11,14-15,19H,4,7,9,12-13H2,1-3H3/t14-,15-,19-/m1/s1. The molecule has 1 aromatic heterocycles. The molecule has 3 heterocycles. The zero-order valence-corrected chi connectivity index (χ0v) is 20.3. The molecule has 3 atom stereocenters. The van der Waals surface area contributed by atoms with Gasteiger partial charge in [-0.1, -0.05) is 18.5 Å². The van der Waals surface area contributed by atoms with E-state index in [0.717, 1.165) is 12.8 Å². The minimum absolute atomic E-state index is 0.000761. The first-order chi connectivity index (χ1) is 14.7. The van der Waals surface area contributed by atoms with Gasteiger partial charge in [-0.15, -0.1) is 11.3 Å². The molecule has 6 nitrogen and oxygen atoms in total. The third-order valence-electron chi connectivity index (χ3n) is 5.92. The van der Waals surface area contributed by atoms with Gasteiger partial charge in [0, 0.05) is 30.1 Å². The fourth-order valence-corrected chi connectivity index (χ4v) is 7.56. The zero-order valence-electron chi connectivity index (χ0n) is 17.9. The first-order valence-electron chi connectivity index (χ1n) is 10.5. The molecule has 168 valence electrons. The highest BCUT2D eigenvalue weighted by Crippen LogP contribution is 2.36. The van der Waals surface area contributed by atoms with Crippen LogP contribution in [0.5, 0.6) is 0 Å². The molecule has 9 heteroatoms. The number of rotatable bonds is 4. The number of thiophene rings is 1. The largest absolute Gasteiger partial charge is 0.373 e. The third kappa shape index (κ3) is 4.28. The van der Waals surface area contributed by atoms with Gasteiger partial charge in [0.05, 0.1) is 23.3 Å². The molecule has 2 aliphatic rings. The van der Waals surface area contributed by atoms with Crippen molar-refractivity contribution in [3.05, 3.63) is 50.7 Å². The van der Waals surface area contributed by atoms with Crippen molar-refractivity contribution in [3.8, 4) is 0 Å². The number of hydrogen-bond donors (Lipinski definition) is 0. The molecule has 0 spiro atoms. The Hall–Kier alpha value is -1.45. The number of carbonyl (C=O) groups excluding carboxylic acids is 1. The first kappa shape index (κ1) is 22.7. The predicted molar refractivity (Wildman–Crippen MR) is 122 cm³/mol. The molecule has 1 fully saturated rings. The molecule has 2 aliphatic heterocycles. The van der Waals surface area contributed by atoms with Crippen LogP contribution in [-0.2, 0) is 21.2 Å². The number of carbonyl (C=O) groups is 1. The summed E-state index contributed by atoms with van der Waals surface area (Å²) in [6.07, 6.45) is 1.20. The highest BCUT2D eigenvalue weighted by molar-refractivity contribution is 7.89. The van der Waals surface area contributed by atoms with Crippen LogP contribution in [0.15, 0.2) is 34.5 Å². The van der Waals surface area contributed by atoms with Gasteiger partial charge in [0.2, 0.25) is 10.0 Å². The summed E-state index contributed by atoms with van der Waals surface area (Å²) >= 11 is 8.04. The Bertz CT molecular complexity index is 1070. The van der Waals surface area contributed by atoms with Gasteiger partial charge in [-0.05, 0) is 61.9 Å². The number of fused-ring (bicyclic) bond motifs is 1. The monoisotopic (exact) mass is 482 g/mol. The van der Waals surface area contributed by atoms with Crippen LogP contribution in [-0.4, -0.2) is 55.4 Å². The second kappa shape index (κ2) is 8.83. The molecule has 0 radical (unpaired) electrons. The summed E-state index contributed by atoms with van der Waals surface area (Å²) in [5.41, 5.74) is 1.54. The Morgan fingerprint density at radius 1 is 1.23 bits per heavy atom. The van der Waals surface area contributed by atoms with Crippen LogP contribution in [0, 0.1) is 0 Å². The van der Waals surface area contributed by atoms with E-state index in [1.54, 1.807) is 17.4 Å². The van der Waals surface area contributed by atoms with E-state index in [1.165, 1.54) is 26.9 Å². The van der Waals surface area contributed by atoms with E-state index in [4.69, 9.17) is 16.3 Å². The minimum atomic E-state index is -3.85. The van der Waals surface area contributed by atoms with Gasteiger partial charge in [-0.2, -0.15) is 4.31 Å². The maximum Gasteiger partial charge on any atom is 0.254 e. The van der Waals surface area contributed by atoms with Crippen LogP contribution in [0.25, 0.3) is 0 Å². The molecule has 1 amide bonds. The molecule has 2 aromatic rings. The summed E-state index contributed by atoms with van der Waals surface area (Å²) in [6, 6.07) is 6.64. The minimum Gasteiger partial charge on any atom is -0.373 e. The average Bonchev–Trinajstić information content (AvgIpc) is 3.21.